The maximum atomic E-state index is 9.88. The number of rotatable bonds is 5. The van der Waals surface area contributed by atoms with E-state index in [0.717, 1.165) is 49.9 Å². The van der Waals surface area contributed by atoms with E-state index in [4.69, 9.17) is 4.98 Å². The second kappa shape index (κ2) is 7.58. The van der Waals surface area contributed by atoms with Gasteiger partial charge in [-0.05, 0) is 24.6 Å². The van der Waals surface area contributed by atoms with Crippen molar-refractivity contribution in [3.8, 4) is 0 Å². The lowest BCUT2D eigenvalue weighted by Crippen LogP contribution is -2.48. The molecule has 4 rings (SSSR count). The van der Waals surface area contributed by atoms with Crippen LogP contribution in [0.15, 0.2) is 24.3 Å². The number of hydrogen-bond acceptors (Lipinski definition) is 6. The Morgan fingerprint density at radius 2 is 1.80 bits per heavy atom. The van der Waals surface area contributed by atoms with Gasteiger partial charge in [0.05, 0.1) is 10.2 Å². The number of likely N-dealkylation sites (N-methyl/N-ethyl adjacent to an activating group) is 1. The number of para-hydroxylation sites is 1. The summed E-state index contributed by atoms with van der Waals surface area (Å²) in [6.07, 6.45) is 0. The van der Waals surface area contributed by atoms with Gasteiger partial charge in [-0.15, -0.1) is 0 Å². The Labute approximate surface area is 153 Å². The molecule has 0 aliphatic carbocycles. The van der Waals surface area contributed by atoms with Gasteiger partial charge >= 0.3 is 0 Å². The predicted octanol–water partition coefficient (Wildman–Crippen LogP) is 1.98. The van der Waals surface area contributed by atoms with Gasteiger partial charge in [0.15, 0.2) is 5.13 Å². The monoisotopic (exact) mass is 360 g/mol. The molecule has 25 heavy (non-hydrogen) atoms. The molecule has 0 bridgehead atoms. The van der Waals surface area contributed by atoms with Gasteiger partial charge in [-0.3, -0.25) is 0 Å². The molecular formula is C19H28N4OS. The van der Waals surface area contributed by atoms with Crippen molar-refractivity contribution in [2.75, 3.05) is 63.9 Å². The van der Waals surface area contributed by atoms with Crippen molar-refractivity contribution >= 4 is 26.7 Å². The van der Waals surface area contributed by atoms with E-state index < -0.39 is 0 Å². The van der Waals surface area contributed by atoms with Crippen molar-refractivity contribution in [1.82, 2.24) is 14.8 Å². The fourth-order valence-corrected chi connectivity index (χ4v) is 5.11. The lowest BCUT2D eigenvalue weighted by atomic mass is 9.96. The molecule has 2 aliphatic heterocycles. The average molecular weight is 361 g/mol. The van der Waals surface area contributed by atoms with Gasteiger partial charge in [0.1, 0.15) is 0 Å². The van der Waals surface area contributed by atoms with Crippen LogP contribution in [-0.4, -0.2) is 78.9 Å². The number of anilines is 1. The lowest BCUT2D eigenvalue weighted by Gasteiger charge is -2.36. The van der Waals surface area contributed by atoms with Crippen LogP contribution in [0.25, 0.3) is 10.2 Å². The number of fused-ring (bicyclic) bond motifs is 1. The molecule has 3 heterocycles. The van der Waals surface area contributed by atoms with Crippen molar-refractivity contribution in [3.05, 3.63) is 24.3 Å². The third-order valence-electron chi connectivity index (χ3n) is 5.77. The number of benzene rings is 1. The smallest absolute Gasteiger partial charge is 0.186 e. The van der Waals surface area contributed by atoms with E-state index in [1.807, 2.05) is 6.07 Å². The minimum absolute atomic E-state index is 0.279. The number of thiazole rings is 1. The first-order valence-corrected chi connectivity index (χ1v) is 10.2. The van der Waals surface area contributed by atoms with E-state index in [2.05, 4.69) is 39.8 Å². The summed E-state index contributed by atoms with van der Waals surface area (Å²) in [4.78, 5) is 12.3. The maximum Gasteiger partial charge on any atom is 0.186 e. The van der Waals surface area contributed by atoms with E-state index in [1.54, 1.807) is 11.3 Å². The number of nitrogens with zero attached hydrogens (tertiary/aromatic N) is 4. The maximum absolute atomic E-state index is 9.88. The highest BCUT2D eigenvalue weighted by Gasteiger charge is 2.35. The molecule has 1 aromatic carbocycles. The number of aliphatic hydroxyl groups is 1. The van der Waals surface area contributed by atoms with Gasteiger partial charge in [-0.25, -0.2) is 4.98 Å². The second-order valence-corrected chi connectivity index (χ2v) is 8.32. The molecule has 0 spiro atoms. The van der Waals surface area contributed by atoms with E-state index in [9.17, 15) is 5.11 Å². The summed E-state index contributed by atoms with van der Waals surface area (Å²) < 4.78 is 1.25. The van der Waals surface area contributed by atoms with Crippen LogP contribution < -0.4 is 4.90 Å². The number of aromatic nitrogens is 1. The summed E-state index contributed by atoms with van der Waals surface area (Å²) in [5.74, 6) is 0.890. The molecule has 2 saturated heterocycles. The van der Waals surface area contributed by atoms with Crippen molar-refractivity contribution in [2.24, 2.45) is 11.8 Å². The third-order valence-corrected chi connectivity index (χ3v) is 6.87. The largest absolute Gasteiger partial charge is 0.396 e. The molecule has 0 saturated carbocycles. The number of piperazine rings is 1. The normalized spacial score (nSPS) is 25.9. The highest BCUT2D eigenvalue weighted by molar-refractivity contribution is 7.22. The van der Waals surface area contributed by atoms with Crippen LogP contribution >= 0.6 is 11.3 Å². The Morgan fingerprint density at radius 3 is 2.52 bits per heavy atom. The first kappa shape index (κ1) is 17.2. The zero-order valence-electron chi connectivity index (χ0n) is 15.0. The topological polar surface area (TPSA) is 42.8 Å². The van der Waals surface area contributed by atoms with E-state index >= 15 is 0 Å². The molecule has 136 valence electrons. The van der Waals surface area contributed by atoms with Gasteiger partial charge < -0.3 is 19.8 Å². The highest BCUT2D eigenvalue weighted by atomic mass is 32.1. The Balaban J connectivity index is 1.41. The standard InChI is InChI=1S/C19H28N4OS/c1-2-21-7-9-22(10-8-21)11-15-12-23(13-16(15)14-24)19-20-17-5-3-4-6-18(17)25-19/h3-6,15-16,24H,2,7-14H2,1H3. The molecule has 2 fully saturated rings. The molecule has 0 radical (unpaired) electrons. The number of hydrogen-bond donors (Lipinski definition) is 1. The minimum atomic E-state index is 0.279. The predicted molar refractivity (Wildman–Crippen MR) is 104 cm³/mol. The van der Waals surface area contributed by atoms with Crippen LogP contribution in [0.3, 0.4) is 0 Å². The van der Waals surface area contributed by atoms with Crippen molar-refractivity contribution in [1.29, 1.82) is 0 Å². The van der Waals surface area contributed by atoms with Gasteiger partial charge in [0.2, 0.25) is 0 Å². The van der Waals surface area contributed by atoms with Gasteiger partial charge in [-0.2, -0.15) is 0 Å². The second-order valence-electron chi connectivity index (χ2n) is 7.31. The first-order valence-electron chi connectivity index (χ1n) is 9.43. The quantitative estimate of drug-likeness (QED) is 0.883. The highest BCUT2D eigenvalue weighted by Crippen LogP contribution is 2.34. The van der Waals surface area contributed by atoms with E-state index in [0.29, 0.717) is 11.8 Å². The average Bonchev–Trinajstić information content (AvgIpc) is 3.26. The zero-order valence-corrected chi connectivity index (χ0v) is 15.8. The van der Waals surface area contributed by atoms with Crippen LogP contribution in [0.2, 0.25) is 0 Å². The SMILES string of the molecule is CCN1CCN(CC2CN(c3nc4ccccc4s3)CC2CO)CC1. The Kier molecular flexibility index (Phi) is 5.22. The van der Waals surface area contributed by atoms with Crippen LogP contribution in [0, 0.1) is 11.8 Å². The third kappa shape index (κ3) is 3.67. The van der Waals surface area contributed by atoms with Gasteiger partial charge in [0.25, 0.3) is 0 Å². The van der Waals surface area contributed by atoms with Crippen LogP contribution in [0.4, 0.5) is 5.13 Å². The minimum Gasteiger partial charge on any atom is -0.396 e. The van der Waals surface area contributed by atoms with Crippen LogP contribution in [-0.2, 0) is 0 Å². The van der Waals surface area contributed by atoms with Gasteiger partial charge in [0, 0.05) is 58.3 Å². The van der Waals surface area contributed by atoms with E-state index in [-0.39, 0.29) is 6.61 Å². The molecule has 6 heteroatoms. The molecule has 2 atom stereocenters. The zero-order chi connectivity index (χ0) is 17.2. The van der Waals surface area contributed by atoms with Gasteiger partial charge in [-0.1, -0.05) is 30.4 Å². The summed E-state index contributed by atoms with van der Waals surface area (Å²) in [7, 11) is 0. The van der Waals surface area contributed by atoms with Crippen LogP contribution in [0.5, 0.6) is 0 Å². The molecule has 2 aromatic rings. The van der Waals surface area contributed by atoms with Crippen molar-refractivity contribution in [2.45, 2.75) is 6.92 Å². The molecule has 0 amide bonds. The fraction of sp³-hybridized carbons (Fsp3) is 0.632. The molecule has 2 aliphatic rings. The molecular weight excluding hydrogens is 332 g/mol. The molecule has 5 nitrogen and oxygen atoms in total. The summed E-state index contributed by atoms with van der Waals surface area (Å²) in [6.45, 7) is 11.4. The van der Waals surface area contributed by atoms with Crippen molar-refractivity contribution < 1.29 is 5.11 Å². The Morgan fingerprint density at radius 1 is 1.08 bits per heavy atom. The first-order chi connectivity index (χ1) is 12.3. The van der Waals surface area contributed by atoms with Crippen molar-refractivity contribution in [3.63, 3.8) is 0 Å². The molecule has 1 aromatic heterocycles. The summed E-state index contributed by atoms with van der Waals surface area (Å²) in [5.41, 5.74) is 1.09. The Hall–Kier alpha value is -1.21. The lowest BCUT2D eigenvalue weighted by molar-refractivity contribution is 0.106. The summed E-state index contributed by atoms with van der Waals surface area (Å²) in [5, 5.41) is 11.0. The van der Waals surface area contributed by atoms with Crippen LogP contribution in [0.1, 0.15) is 6.92 Å². The fourth-order valence-electron chi connectivity index (χ4n) is 4.12. The van der Waals surface area contributed by atoms with E-state index in [1.165, 1.54) is 17.8 Å². The molecule has 1 N–H and O–H groups in total. The Bertz CT molecular complexity index is 665. The summed E-state index contributed by atoms with van der Waals surface area (Å²) >= 11 is 1.77. The molecule has 2 unspecified atom stereocenters. The number of aliphatic hydroxyl groups excluding tert-OH is 1. The summed E-state index contributed by atoms with van der Waals surface area (Å²) in [6, 6.07) is 8.34.